The van der Waals surface area contributed by atoms with Gasteiger partial charge in [-0.05, 0) is 13.0 Å². The number of piperazine rings is 1. The van der Waals surface area contributed by atoms with Gasteiger partial charge in [-0.1, -0.05) is 16.8 Å². The Kier molecular flexibility index (Phi) is 4.49. The molecule has 0 bridgehead atoms. The Morgan fingerprint density at radius 1 is 1.35 bits per heavy atom. The minimum atomic E-state index is -0.402. The summed E-state index contributed by atoms with van der Waals surface area (Å²) >= 11 is 6.25. The van der Waals surface area contributed by atoms with Gasteiger partial charge in [0.2, 0.25) is 0 Å². The Balaban J connectivity index is 1.68. The van der Waals surface area contributed by atoms with Crippen molar-refractivity contribution in [2.45, 2.75) is 13.5 Å². The first-order valence-corrected chi connectivity index (χ1v) is 7.73. The van der Waals surface area contributed by atoms with Gasteiger partial charge in [-0.3, -0.25) is 15.0 Å². The molecule has 2 heterocycles. The van der Waals surface area contributed by atoms with Crippen LogP contribution in [-0.2, 0) is 6.54 Å². The number of nitro benzene ring substituents is 1. The molecule has 0 spiro atoms. The molecule has 0 aliphatic carbocycles. The molecule has 8 heteroatoms. The van der Waals surface area contributed by atoms with Gasteiger partial charge >= 0.3 is 0 Å². The summed E-state index contributed by atoms with van der Waals surface area (Å²) in [6, 6.07) is 5.10. The lowest BCUT2D eigenvalue weighted by Crippen LogP contribution is -2.46. The van der Waals surface area contributed by atoms with Gasteiger partial charge in [0, 0.05) is 50.4 Å². The van der Waals surface area contributed by atoms with E-state index in [1.165, 1.54) is 6.07 Å². The number of aryl methyl sites for hydroxylation is 1. The largest absolute Gasteiger partial charge is 0.368 e. The lowest BCUT2D eigenvalue weighted by molar-refractivity contribution is -0.385. The summed E-state index contributed by atoms with van der Waals surface area (Å²) in [5.41, 5.74) is 2.46. The maximum Gasteiger partial charge on any atom is 0.273 e. The highest BCUT2D eigenvalue weighted by Gasteiger charge is 2.22. The first-order chi connectivity index (χ1) is 11.0. The maximum atomic E-state index is 11.0. The van der Waals surface area contributed by atoms with Crippen LogP contribution >= 0.6 is 11.6 Å². The van der Waals surface area contributed by atoms with E-state index in [9.17, 15) is 10.1 Å². The monoisotopic (exact) mass is 336 g/mol. The van der Waals surface area contributed by atoms with Crippen LogP contribution in [0.3, 0.4) is 0 Å². The fraction of sp³-hybridized carbons (Fsp3) is 0.400. The van der Waals surface area contributed by atoms with E-state index < -0.39 is 4.92 Å². The van der Waals surface area contributed by atoms with E-state index in [4.69, 9.17) is 16.1 Å². The van der Waals surface area contributed by atoms with Gasteiger partial charge in [-0.25, -0.2) is 0 Å². The van der Waals surface area contributed by atoms with Crippen LogP contribution in [-0.4, -0.2) is 41.2 Å². The van der Waals surface area contributed by atoms with Crippen molar-refractivity contribution in [3.63, 3.8) is 0 Å². The van der Waals surface area contributed by atoms with E-state index in [0.29, 0.717) is 10.6 Å². The van der Waals surface area contributed by atoms with Crippen LogP contribution in [0.4, 0.5) is 11.4 Å². The van der Waals surface area contributed by atoms with E-state index in [0.717, 1.165) is 44.1 Å². The Morgan fingerprint density at radius 2 is 2.09 bits per heavy atom. The SMILES string of the molecule is Cc1cc(N2CCN(Cc3ccon3)CC2)c(Cl)cc1[N+](=O)[O-]. The second kappa shape index (κ2) is 6.55. The van der Waals surface area contributed by atoms with Crippen LogP contribution in [0.25, 0.3) is 0 Å². The molecule has 1 saturated heterocycles. The third-order valence-electron chi connectivity index (χ3n) is 4.05. The maximum absolute atomic E-state index is 11.0. The molecule has 1 aromatic carbocycles. The van der Waals surface area contributed by atoms with Crippen molar-refractivity contribution in [3.8, 4) is 0 Å². The average Bonchev–Trinajstić information content (AvgIpc) is 3.03. The van der Waals surface area contributed by atoms with Crippen LogP contribution in [0.15, 0.2) is 29.0 Å². The fourth-order valence-electron chi connectivity index (χ4n) is 2.79. The zero-order chi connectivity index (χ0) is 16.4. The first-order valence-electron chi connectivity index (χ1n) is 7.35. The number of nitro groups is 1. The van der Waals surface area contributed by atoms with E-state index in [-0.39, 0.29) is 5.69 Å². The van der Waals surface area contributed by atoms with Crippen LogP contribution in [0.1, 0.15) is 11.3 Å². The van der Waals surface area contributed by atoms with Crippen LogP contribution < -0.4 is 4.90 Å². The van der Waals surface area contributed by atoms with E-state index in [2.05, 4.69) is 15.0 Å². The zero-order valence-electron chi connectivity index (χ0n) is 12.7. The molecule has 0 saturated carbocycles. The molecule has 0 N–H and O–H groups in total. The minimum absolute atomic E-state index is 0.0587. The highest BCUT2D eigenvalue weighted by atomic mass is 35.5. The van der Waals surface area contributed by atoms with Crippen molar-refractivity contribution in [1.82, 2.24) is 10.1 Å². The summed E-state index contributed by atoms with van der Waals surface area (Å²) in [7, 11) is 0. The Morgan fingerprint density at radius 3 is 2.70 bits per heavy atom. The topological polar surface area (TPSA) is 75.7 Å². The smallest absolute Gasteiger partial charge is 0.273 e. The molecule has 1 aliphatic rings. The lowest BCUT2D eigenvalue weighted by Gasteiger charge is -2.36. The number of nitrogens with zero attached hydrogens (tertiary/aromatic N) is 4. The Bertz CT molecular complexity index is 697. The van der Waals surface area contributed by atoms with Gasteiger partial charge in [0.05, 0.1) is 21.3 Å². The summed E-state index contributed by atoms with van der Waals surface area (Å²) in [6.07, 6.45) is 1.57. The molecule has 1 fully saturated rings. The summed E-state index contributed by atoms with van der Waals surface area (Å²) in [4.78, 5) is 15.0. The number of aromatic nitrogens is 1. The quantitative estimate of drug-likeness (QED) is 0.631. The normalized spacial score (nSPS) is 15.8. The van der Waals surface area contributed by atoms with Gasteiger partial charge in [-0.15, -0.1) is 0 Å². The molecule has 2 aromatic rings. The van der Waals surface area contributed by atoms with Crippen molar-refractivity contribution in [2.24, 2.45) is 0 Å². The summed E-state index contributed by atoms with van der Waals surface area (Å²) in [6.45, 7) is 5.87. The zero-order valence-corrected chi connectivity index (χ0v) is 13.5. The molecule has 0 atom stereocenters. The highest BCUT2D eigenvalue weighted by Crippen LogP contribution is 2.33. The van der Waals surface area contributed by atoms with E-state index in [1.54, 1.807) is 19.3 Å². The minimum Gasteiger partial charge on any atom is -0.368 e. The van der Waals surface area contributed by atoms with Gasteiger partial charge in [0.15, 0.2) is 0 Å². The highest BCUT2D eigenvalue weighted by molar-refractivity contribution is 6.33. The molecule has 1 aliphatic heterocycles. The second-order valence-electron chi connectivity index (χ2n) is 5.60. The fourth-order valence-corrected chi connectivity index (χ4v) is 3.07. The molecule has 0 unspecified atom stereocenters. The number of rotatable bonds is 4. The van der Waals surface area contributed by atoms with Crippen molar-refractivity contribution >= 4 is 23.0 Å². The third kappa shape index (κ3) is 3.46. The second-order valence-corrected chi connectivity index (χ2v) is 6.01. The molecular formula is C15H17ClN4O3. The van der Waals surface area contributed by atoms with Crippen molar-refractivity contribution in [3.05, 3.63) is 50.9 Å². The van der Waals surface area contributed by atoms with Crippen LogP contribution in [0, 0.1) is 17.0 Å². The predicted molar refractivity (Wildman–Crippen MR) is 86.8 cm³/mol. The summed E-state index contributed by atoms with van der Waals surface area (Å²) in [5.74, 6) is 0. The summed E-state index contributed by atoms with van der Waals surface area (Å²) in [5, 5.41) is 15.3. The van der Waals surface area contributed by atoms with Crippen LogP contribution in [0.2, 0.25) is 5.02 Å². The average molecular weight is 337 g/mol. The third-order valence-corrected chi connectivity index (χ3v) is 4.35. The van der Waals surface area contributed by atoms with Gasteiger partial charge in [0.1, 0.15) is 6.26 Å². The molecule has 0 radical (unpaired) electrons. The van der Waals surface area contributed by atoms with Crippen LogP contribution in [0.5, 0.6) is 0 Å². The molecule has 3 rings (SSSR count). The molecule has 0 amide bonds. The van der Waals surface area contributed by atoms with Gasteiger partial charge in [-0.2, -0.15) is 0 Å². The first kappa shape index (κ1) is 15.8. The number of hydrogen-bond acceptors (Lipinski definition) is 6. The molecular weight excluding hydrogens is 320 g/mol. The lowest BCUT2D eigenvalue weighted by atomic mass is 10.1. The van der Waals surface area contributed by atoms with Crippen molar-refractivity contribution in [1.29, 1.82) is 0 Å². The molecule has 23 heavy (non-hydrogen) atoms. The predicted octanol–water partition coefficient (Wildman–Crippen LogP) is 2.87. The van der Waals surface area contributed by atoms with Gasteiger partial charge < -0.3 is 9.42 Å². The summed E-state index contributed by atoms with van der Waals surface area (Å²) < 4.78 is 4.85. The number of halogens is 1. The van der Waals surface area contributed by atoms with Crippen molar-refractivity contribution < 1.29 is 9.45 Å². The van der Waals surface area contributed by atoms with E-state index >= 15 is 0 Å². The molecule has 122 valence electrons. The van der Waals surface area contributed by atoms with E-state index in [1.807, 2.05) is 6.07 Å². The molecule has 7 nitrogen and oxygen atoms in total. The number of hydrogen-bond donors (Lipinski definition) is 0. The Labute approximate surface area is 138 Å². The molecule has 1 aromatic heterocycles. The van der Waals surface area contributed by atoms with Gasteiger partial charge in [0.25, 0.3) is 5.69 Å². The number of anilines is 1. The standard InChI is InChI=1S/C15H17ClN4O3/c1-11-8-15(13(16)9-14(11)20(21)22)19-5-3-18(4-6-19)10-12-2-7-23-17-12/h2,7-9H,3-6,10H2,1H3. The number of benzene rings is 1. The van der Waals surface area contributed by atoms with Crippen molar-refractivity contribution in [2.75, 3.05) is 31.1 Å². The Hall–Kier alpha value is -2.12.